The van der Waals surface area contributed by atoms with Crippen molar-refractivity contribution in [1.82, 2.24) is 5.32 Å². The Morgan fingerprint density at radius 1 is 1.43 bits per heavy atom. The number of amides is 2. The van der Waals surface area contributed by atoms with Gasteiger partial charge in [-0.3, -0.25) is 9.69 Å². The number of rotatable bonds is 4. The molecule has 2 N–H and O–H groups in total. The number of halogens is 1. The molecule has 2 rings (SSSR count). The lowest BCUT2D eigenvalue weighted by molar-refractivity contribution is -0.137. The Balaban J connectivity index is 2.08. The third-order valence-corrected chi connectivity index (χ3v) is 3.92. The molecular weight excluding hydrogens is 292 g/mol. The molecule has 0 atom stereocenters. The van der Waals surface area contributed by atoms with E-state index in [1.54, 1.807) is 4.90 Å². The molecule has 0 bridgehead atoms. The number of carboxylic acid groups (broad SMARTS) is 1. The largest absolute Gasteiger partial charge is 0.481 e. The van der Waals surface area contributed by atoms with Gasteiger partial charge in [-0.2, -0.15) is 0 Å². The quantitative estimate of drug-likeness (QED) is 0.840. The molecule has 0 spiro atoms. The second-order valence-corrected chi connectivity index (χ2v) is 6.24. The van der Waals surface area contributed by atoms with Crippen LogP contribution < -0.4 is 10.2 Å². The summed E-state index contributed by atoms with van der Waals surface area (Å²) in [5.41, 5.74) is 1.60. The predicted molar refractivity (Wildman–Crippen MR) is 82.1 cm³/mol. The molecule has 5 nitrogen and oxygen atoms in total. The van der Waals surface area contributed by atoms with E-state index in [1.807, 2.05) is 18.2 Å². The van der Waals surface area contributed by atoms with Gasteiger partial charge >= 0.3 is 12.0 Å². The highest BCUT2D eigenvalue weighted by Gasteiger charge is 2.39. The zero-order valence-electron chi connectivity index (χ0n) is 12.1. The molecule has 0 radical (unpaired) electrons. The van der Waals surface area contributed by atoms with Crippen LogP contribution >= 0.6 is 11.6 Å². The van der Waals surface area contributed by atoms with Gasteiger partial charge in [-0.05, 0) is 18.6 Å². The maximum atomic E-state index is 12.3. The van der Waals surface area contributed by atoms with Crippen LogP contribution in [0.1, 0.15) is 32.3 Å². The molecule has 0 saturated carbocycles. The number of nitrogens with zero attached hydrogens (tertiary/aromatic N) is 1. The average Bonchev–Trinajstić information content (AvgIpc) is 2.67. The van der Waals surface area contributed by atoms with E-state index in [2.05, 4.69) is 19.2 Å². The van der Waals surface area contributed by atoms with E-state index in [1.165, 1.54) is 0 Å². The zero-order chi connectivity index (χ0) is 15.6. The van der Waals surface area contributed by atoms with E-state index in [0.717, 1.165) is 11.3 Å². The fourth-order valence-corrected chi connectivity index (χ4v) is 3.10. The van der Waals surface area contributed by atoms with Gasteiger partial charge < -0.3 is 10.4 Å². The van der Waals surface area contributed by atoms with Crippen molar-refractivity contribution < 1.29 is 14.7 Å². The van der Waals surface area contributed by atoms with E-state index >= 15 is 0 Å². The summed E-state index contributed by atoms with van der Waals surface area (Å²) in [7, 11) is 0. The molecule has 0 aliphatic carbocycles. The average molecular weight is 311 g/mol. The van der Waals surface area contributed by atoms with Crippen molar-refractivity contribution in [2.45, 2.75) is 32.1 Å². The fourth-order valence-electron chi connectivity index (χ4n) is 2.68. The van der Waals surface area contributed by atoms with Crippen LogP contribution in [0.5, 0.6) is 0 Å². The van der Waals surface area contributed by atoms with Crippen LogP contribution in [0.15, 0.2) is 18.2 Å². The summed E-state index contributed by atoms with van der Waals surface area (Å²) < 4.78 is 0. The molecule has 0 unspecified atom stereocenters. The van der Waals surface area contributed by atoms with Crippen LogP contribution in [0.2, 0.25) is 5.02 Å². The molecule has 1 heterocycles. The summed E-state index contributed by atoms with van der Waals surface area (Å²) in [6, 6.07) is 5.32. The summed E-state index contributed by atoms with van der Waals surface area (Å²) >= 11 is 6.26. The molecule has 1 aromatic carbocycles. The lowest BCUT2D eigenvalue weighted by Crippen LogP contribution is -2.41. The second-order valence-electron chi connectivity index (χ2n) is 5.83. The van der Waals surface area contributed by atoms with E-state index in [9.17, 15) is 9.59 Å². The minimum atomic E-state index is -0.858. The van der Waals surface area contributed by atoms with Crippen molar-refractivity contribution in [2.24, 2.45) is 0 Å². The first kappa shape index (κ1) is 15.6. The van der Waals surface area contributed by atoms with Gasteiger partial charge in [0.2, 0.25) is 0 Å². The second kappa shape index (κ2) is 5.93. The molecule has 21 heavy (non-hydrogen) atoms. The van der Waals surface area contributed by atoms with Gasteiger partial charge in [0.1, 0.15) is 0 Å². The van der Waals surface area contributed by atoms with Crippen molar-refractivity contribution in [2.75, 3.05) is 18.0 Å². The number of aliphatic carboxylic acids is 1. The first-order valence-electron chi connectivity index (χ1n) is 6.89. The van der Waals surface area contributed by atoms with E-state index < -0.39 is 5.97 Å². The van der Waals surface area contributed by atoms with Crippen LogP contribution in [0.25, 0.3) is 0 Å². The normalized spacial score (nSPS) is 15.7. The van der Waals surface area contributed by atoms with Crippen molar-refractivity contribution in [3.05, 3.63) is 28.8 Å². The summed E-state index contributed by atoms with van der Waals surface area (Å²) in [6.45, 7) is 5.00. The standard InChI is InChI=1S/C15H19ClN2O3/c1-15(2)9-18(11-6-3-5-10(16)13(11)15)14(21)17-8-4-7-12(19)20/h3,5-6H,4,7-9H2,1-2H3,(H,17,21)(H,19,20). The number of carboxylic acids is 1. The number of nitrogens with one attached hydrogen (secondary N) is 1. The van der Waals surface area contributed by atoms with E-state index in [4.69, 9.17) is 16.7 Å². The van der Waals surface area contributed by atoms with Gasteiger partial charge in [-0.25, -0.2) is 4.79 Å². The number of fused-ring (bicyclic) bond motifs is 1. The number of urea groups is 1. The van der Waals surface area contributed by atoms with Crippen molar-refractivity contribution >= 4 is 29.3 Å². The van der Waals surface area contributed by atoms with Gasteiger partial charge in [0.25, 0.3) is 0 Å². The minimum Gasteiger partial charge on any atom is -0.481 e. The summed E-state index contributed by atoms with van der Waals surface area (Å²) in [4.78, 5) is 24.4. The fraction of sp³-hybridized carbons (Fsp3) is 0.467. The number of benzene rings is 1. The maximum Gasteiger partial charge on any atom is 0.321 e. The van der Waals surface area contributed by atoms with Crippen molar-refractivity contribution in [1.29, 1.82) is 0 Å². The minimum absolute atomic E-state index is 0.0498. The Morgan fingerprint density at radius 3 is 2.81 bits per heavy atom. The summed E-state index contributed by atoms with van der Waals surface area (Å²) in [5.74, 6) is -0.858. The monoisotopic (exact) mass is 310 g/mol. The SMILES string of the molecule is CC1(C)CN(C(=O)NCCCC(=O)O)c2cccc(Cl)c21. The Morgan fingerprint density at radius 2 is 2.14 bits per heavy atom. The number of carbonyl (C=O) groups excluding carboxylic acids is 1. The lowest BCUT2D eigenvalue weighted by Gasteiger charge is -2.21. The first-order valence-corrected chi connectivity index (χ1v) is 7.27. The highest BCUT2D eigenvalue weighted by molar-refractivity contribution is 6.32. The number of hydrogen-bond donors (Lipinski definition) is 2. The van der Waals surface area contributed by atoms with Gasteiger partial charge in [-0.1, -0.05) is 31.5 Å². The summed E-state index contributed by atoms with van der Waals surface area (Å²) in [6.07, 6.45) is 0.467. The lowest BCUT2D eigenvalue weighted by atomic mass is 9.87. The third kappa shape index (κ3) is 3.29. The van der Waals surface area contributed by atoms with E-state index in [-0.39, 0.29) is 17.9 Å². The van der Waals surface area contributed by atoms with E-state index in [0.29, 0.717) is 24.5 Å². The molecule has 2 amide bonds. The van der Waals surface area contributed by atoms with Gasteiger partial charge in [-0.15, -0.1) is 0 Å². The Bertz CT molecular complexity index is 572. The van der Waals surface area contributed by atoms with Crippen LogP contribution in [0, 0.1) is 0 Å². The molecule has 1 aromatic rings. The van der Waals surface area contributed by atoms with Crippen molar-refractivity contribution in [3.63, 3.8) is 0 Å². The number of carbonyl (C=O) groups is 2. The molecule has 0 saturated heterocycles. The van der Waals surface area contributed by atoms with Crippen LogP contribution in [-0.4, -0.2) is 30.2 Å². The van der Waals surface area contributed by atoms with Crippen LogP contribution in [0.4, 0.5) is 10.5 Å². The predicted octanol–water partition coefficient (Wildman–Crippen LogP) is 3.01. The van der Waals surface area contributed by atoms with Crippen molar-refractivity contribution in [3.8, 4) is 0 Å². The molecule has 0 aromatic heterocycles. The number of hydrogen-bond acceptors (Lipinski definition) is 2. The number of anilines is 1. The van der Waals surface area contributed by atoms with Crippen LogP contribution in [0.3, 0.4) is 0 Å². The topological polar surface area (TPSA) is 69.6 Å². The highest BCUT2D eigenvalue weighted by atomic mass is 35.5. The third-order valence-electron chi connectivity index (χ3n) is 3.60. The maximum absolute atomic E-state index is 12.3. The molecule has 1 aliphatic rings. The smallest absolute Gasteiger partial charge is 0.321 e. The van der Waals surface area contributed by atoms with Crippen LogP contribution in [-0.2, 0) is 10.2 Å². The molecule has 0 fully saturated rings. The zero-order valence-corrected chi connectivity index (χ0v) is 12.9. The Labute approximate surface area is 128 Å². The molecule has 114 valence electrons. The highest BCUT2D eigenvalue weighted by Crippen LogP contribution is 2.44. The van der Waals surface area contributed by atoms with Gasteiger partial charge in [0, 0.05) is 35.5 Å². The van der Waals surface area contributed by atoms with Gasteiger partial charge in [0.05, 0.1) is 5.69 Å². The molecule has 6 heteroatoms. The Hall–Kier alpha value is -1.75. The van der Waals surface area contributed by atoms with Gasteiger partial charge in [0.15, 0.2) is 0 Å². The summed E-state index contributed by atoms with van der Waals surface area (Å²) in [5, 5.41) is 12.0. The Kier molecular flexibility index (Phi) is 4.42. The molecular formula is C15H19ClN2O3. The first-order chi connectivity index (χ1) is 9.83. The molecule has 1 aliphatic heterocycles.